The standard InChI is InChI=1S/C34H56O/c1-3-5-7-9-11-13-15-17-19-21-25-30-29-31-26-23-24-28-33(31)34(35)32(30)27-22-20-18-16-14-12-10-8-6-4-2/h23-24,26,28-29,35H,3-22,25,27H2,1-2H3. The SMILES string of the molecule is CCCCCCCCCCCCc1cc2ccccc2c(O)c1CCCCCCCCCCCC. The van der Waals surface area contributed by atoms with Crippen LogP contribution in [0.4, 0.5) is 0 Å². The van der Waals surface area contributed by atoms with Gasteiger partial charge in [0, 0.05) is 5.39 Å². The fraction of sp³-hybridized carbons (Fsp3) is 0.706. The monoisotopic (exact) mass is 480 g/mol. The quantitative estimate of drug-likeness (QED) is 0.166. The van der Waals surface area contributed by atoms with E-state index in [4.69, 9.17) is 0 Å². The highest BCUT2D eigenvalue weighted by Gasteiger charge is 2.12. The summed E-state index contributed by atoms with van der Waals surface area (Å²) in [6.07, 6.45) is 29.5. The van der Waals surface area contributed by atoms with Crippen LogP contribution in [0.25, 0.3) is 10.8 Å². The second-order valence-electron chi connectivity index (χ2n) is 10.9. The molecule has 2 rings (SSSR count). The average Bonchev–Trinajstić information content (AvgIpc) is 2.87. The Morgan fingerprint density at radius 1 is 0.514 bits per heavy atom. The first-order valence-corrected chi connectivity index (χ1v) is 15.5. The number of hydrogen-bond acceptors (Lipinski definition) is 1. The van der Waals surface area contributed by atoms with E-state index in [-0.39, 0.29) is 0 Å². The van der Waals surface area contributed by atoms with Crippen molar-refractivity contribution in [1.29, 1.82) is 0 Å². The first-order valence-electron chi connectivity index (χ1n) is 15.5. The molecule has 0 aliphatic rings. The lowest BCUT2D eigenvalue weighted by atomic mass is 9.92. The molecule has 2 aromatic rings. The average molecular weight is 481 g/mol. The van der Waals surface area contributed by atoms with Gasteiger partial charge >= 0.3 is 0 Å². The molecule has 0 aliphatic heterocycles. The van der Waals surface area contributed by atoms with Gasteiger partial charge in [-0.2, -0.15) is 0 Å². The number of phenols is 1. The number of benzene rings is 2. The fourth-order valence-electron chi connectivity index (χ4n) is 5.52. The summed E-state index contributed by atoms with van der Waals surface area (Å²) in [5, 5.41) is 13.4. The van der Waals surface area contributed by atoms with Crippen LogP contribution >= 0.6 is 0 Å². The van der Waals surface area contributed by atoms with Crippen LogP contribution in [0.1, 0.15) is 153 Å². The number of rotatable bonds is 22. The number of aryl methyl sites for hydroxylation is 1. The van der Waals surface area contributed by atoms with Crippen molar-refractivity contribution < 1.29 is 5.11 Å². The number of phenolic OH excluding ortho intramolecular Hbond substituents is 1. The van der Waals surface area contributed by atoms with Crippen molar-refractivity contribution >= 4 is 10.8 Å². The van der Waals surface area contributed by atoms with Crippen molar-refractivity contribution in [2.75, 3.05) is 0 Å². The molecule has 0 aromatic heterocycles. The van der Waals surface area contributed by atoms with Gasteiger partial charge in [-0.25, -0.2) is 0 Å². The largest absolute Gasteiger partial charge is 0.507 e. The molecule has 1 heteroatoms. The van der Waals surface area contributed by atoms with E-state index in [0.29, 0.717) is 5.75 Å². The minimum absolute atomic E-state index is 0.557. The molecule has 198 valence electrons. The minimum atomic E-state index is 0.557. The van der Waals surface area contributed by atoms with Gasteiger partial charge in [0.25, 0.3) is 0 Å². The van der Waals surface area contributed by atoms with Crippen molar-refractivity contribution in [1.82, 2.24) is 0 Å². The highest BCUT2D eigenvalue weighted by molar-refractivity contribution is 5.90. The van der Waals surface area contributed by atoms with Crippen LogP contribution in [0.5, 0.6) is 5.75 Å². The van der Waals surface area contributed by atoms with Crippen molar-refractivity contribution in [3.63, 3.8) is 0 Å². The second-order valence-corrected chi connectivity index (χ2v) is 10.9. The summed E-state index contributed by atoms with van der Waals surface area (Å²) < 4.78 is 0. The second kappa shape index (κ2) is 19.7. The zero-order chi connectivity index (χ0) is 25.0. The van der Waals surface area contributed by atoms with Crippen molar-refractivity contribution in [2.24, 2.45) is 0 Å². The van der Waals surface area contributed by atoms with Crippen LogP contribution in [-0.2, 0) is 12.8 Å². The van der Waals surface area contributed by atoms with Crippen LogP contribution in [0, 0.1) is 0 Å². The molecule has 1 nitrogen and oxygen atoms in total. The lowest BCUT2D eigenvalue weighted by Crippen LogP contribution is -1.98. The van der Waals surface area contributed by atoms with Gasteiger partial charge in [0.1, 0.15) is 5.75 Å². The molecule has 0 bridgehead atoms. The smallest absolute Gasteiger partial charge is 0.126 e. The Balaban J connectivity index is 1.75. The maximum absolute atomic E-state index is 11.1. The summed E-state index contributed by atoms with van der Waals surface area (Å²) in [6, 6.07) is 10.7. The van der Waals surface area contributed by atoms with E-state index in [2.05, 4.69) is 38.1 Å². The molecular weight excluding hydrogens is 424 g/mol. The lowest BCUT2D eigenvalue weighted by Gasteiger charge is -2.15. The summed E-state index contributed by atoms with van der Waals surface area (Å²) in [4.78, 5) is 0. The molecule has 0 saturated carbocycles. The van der Waals surface area contributed by atoms with E-state index >= 15 is 0 Å². The van der Waals surface area contributed by atoms with Crippen molar-refractivity contribution in [3.05, 3.63) is 41.5 Å². The third-order valence-electron chi connectivity index (χ3n) is 7.80. The molecular formula is C34H56O. The zero-order valence-corrected chi connectivity index (χ0v) is 23.4. The van der Waals surface area contributed by atoms with E-state index in [1.54, 1.807) is 0 Å². The predicted molar refractivity (Wildman–Crippen MR) is 157 cm³/mol. The Labute approximate surface area is 218 Å². The summed E-state index contributed by atoms with van der Waals surface area (Å²) >= 11 is 0. The van der Waals surface area contributed by atoms with Gasteiger partial charge in [-0.3, -0.25) is 0 Å². The summed E-state index contributed by atoms with van der Waals surface area (Å²) in [5.74, 6) is 0.557. The molecule has 0 atom stereocenters. The lowest BCUT2D eigenvalue weighted by molar-refractivity contribution is 0.470. The summed E-state index contributed by atoms with van der Waals surface area (Å²) in [6.45, 7) is 4.58. The van der Waals surface area contributed by atoms with Crippen molar-refractivity contribution in [3.8, 4) is 5.75 Å². The van der Waals surface area contributed by atoms with E-state index < -0.39 is 0 Å². The Hall–Kier alpha value is -1.50. The fourth-order valence-corrected chi connectivity index (χ4v) is 5.52. The Morgan fingerprint density at radius 2 is 0.943 bits per heavy atom. The molecule has 0 aliphatic carbocycles. The number of unbranched alkanes of at least 4 members (excludes halogenated alkanes) is 18. The van der Waals surface area contributed by atoms with Gasteiger partial charge in [0.05, 0.1) is 0 Å². The molecule has 0 saturated heterocycles. The number of aromatic hydroxyl groups is 1. The molecule has 2 aromatic carbocycles. The highest BCUT2D eigenvalue weighted by Crippen LogP contribution is 2.34. The third-order valence-corrected chi connectivity index (χ3v) is 7.80. The molecule has 0 spiro atoms. The van der Waals surface area contributed by atoms with Gasteiger partial charge in [-0.15, -0.1) is 0 Å². The van der Waals surface area contributed by atoms with Crippen LogP contribution < -0.4 is 0 Å². The van der Waals surface area contributed by atoms with Crippen LogP contribution in [0.3, 0.4) is 0 Å². The van der Waals surface area contributed by atoms with Gasteiger partial charge in [0.2, 0.25) is 0 Å². The topological polar surface area (TPSA) is 20.2 Å². The molecule has 0 amide bonds. The van der Waals surface area contributed by atoms with Crippen molar-refractivity contribution in [2.45, 2.75) is 155 Å². The van der Waals surface area contributed by atoms with E-state index in [0.717, 1.165) is 18.2 Å². The molecule has 0 heterocycles. The highest BCUT2D eigenvalue weighted by atomic mass is 16.3. The van der Waals surface area contributed by atoms with Crippen LogP contribution in [0.2, 0.25) is 0 Å². The van der Waals surface area contributed by atoms with E-state index in [1.807, 2.05) is 6.07 Å². The molecule has 0 fully saturated rings. The van der Waals surface area contributed by atoms with Gasteiger partial charge in [0.15, 0.2) is 0 Å². The summed E-state index contributed by atoms with van der Waals surface area (Å²) in [5.41, 5.74) is 2.64. The predicted octanol–water partition coefficient (Wildman–Crippen LogP) is 11.5. The molecule has 35 heavy (non-hydrogen) atoms. The van der Waals surface area contributed by atoms with Gasteiger partial charge in [-0.05, 0) is 42.2 Å². The zero-order valence-electron chi connectivity index (χ0n) is 23.4. The molecule has 1 N–H and O–H groups in total. The molecule has 0 unspecified atom stereocenters. The number of fused-ring (bicyclic) bond motifs is 1. The third kappa shape index (κ3) is 12.3. The maximum atomic E-state index is 11.1. The molecule has 0 radical (unpaired) electrons. The van der Waals surface area contributed by atoms with Gasteiger partial charge in [-0.1, -0.05) is 160 Å². The Kier molecular flexibility index (Phi) is 16.7. The van der Waals surface area contributed by atoms with Crippen LogP contribution in [-0.4, -0.2) is 5.11 Å². The Morgan fingerprint density at radius 3 is 1.46 bits per heavy atom. The first kappa shape index (κ1) is 29.7. The van der Waals surface area contributed by atoms with Crippen LogP contribution in [0.15, 0.2) is 30.3 Å². The normalized spacial score (nSPS) is 11.5. The van der Waals surface area contributed by atoms with Gasteiger partial charge < -0.3 is 5.11 Å². The van der Waals surface area contributed by atoms with E-state index in [1.165, 1.54) is 145 Å². The Bertz CT molecular complexity index is 777. The minimum Gasteiger partial charge on any atom is -0.507 e. The first-order chi connectivity index (χ1) is 17.3. The van der Waals surface area contributed by atoms with E-state index in [9.17, 15) is 5.11 Å². The maximum Gasteiger partial charge on any atom is 0.126 e. The number of hydrogen-bond donors (Lipinski definition) is 1. The summed E-state index contributed by atoms with van der Waals surface area (Å²) in [7, 11) is 0.